The standard InChI is InChI=1S/C18H18FNO3/c19-15-5-2-6-17(10-15)23-12-13-3-1-4-14(9-13)18(22)20-8-7-16(21)11-20/h1-6,9-10,16,21H,7-8,11-12H2/t16-/m0/s1. The number of aliphatic hydroxyl groups is 1. The summed E-state index contributed by atoms with van der Waals surface area (Å²) >= 11 is 0. The number of ether oxygens (including phenoxy) is 1. The van der Waals surface area contributed by atoms with Gasteiger partial charge in [0, 0.05) is 24.7 Å². The Morgan fingerprint density at radius 2 is 2.09 bits per heavy atom. The maximum atomic E-state index is 13.1. The molecule has 1 N–H and O–H groups in total. The molecule has 120 valence electrons. The first kappa shape index (κ1) is 15.5. The zero-order chi connectivity index (χ0) is 16.2. The summed E-state index contributed by atoms with van der Waals surface area (Å²) in [5, 5.41) is 9.54. The average Bonchev–Trinajstić information content (AvgIpc) is 2.99. The van der Waals surface area contributed by atoms with Crippen molar-refractivity contribution in [2.75, 3.05) is 13.1 Å². The molecule has 4 nitrogen and oxygen atoms in total. The van der Waals surface area contributed by atoms with Gasteiger partial charge in [0.25, 0.3) is 5.91 Å². The molecule has 3 rings (SSSR count). The van der Waals surface area contributed by atoms with Crippen LogP contribution >= 0.6 is 0 Å². The number of rotatable bonds is 4. The van der Waals surface area contributed by atoms with E-state index in [0.717, 1.165) is 5.56 Å². The maximum absolute atomic E-state index is 13.1. The molecule has 0 aromatic heterocycles. The second-order valence-electron chi connectivity index (χ2n) is 5.64. The summed E-state index contributed by atoms with van der Waals surface area (Å²) in [6.45, 7) is 1.21. The molecule has 1 atom stereocenters. The minimum atomic E-state index is -0.432. The molecule has 1 aliphatic rings. The monoisotopic (exact) mass is 315 g/mol. The van der Waals surface area contributed by atoms with Gasteiger partial charge in [-0.15, -0.1) is 0 Å². The number of amides is 1. The Kier molecular flexibility index (Phi) is 4.57. The SMILES string of the molecule is O=C(c1cccc(COc2cccc(F)c2)c1)N1CC[C@H](O)C1. The second-order valence-corrected chi connectivity index (χ2v) is 5.64. The summed E-state index contributed by atoms with van der Waals surface area (Å²) in [5.41, 5.74) is 1.40. The zero-order valence-electron chi connectivity index (χ0n) is 12.6. The van der Waals surface area contributed by atoms with Crippen molar-refractivity contribution in [2.24, 2.45) is 0 Å². The van der Waals surface area contributed by atoms with Crippen molar-refractivity contribution in [3.63, 3.8) is 0 Å². The third-order valence-corrected chi connectivity index (χ3v) is 3.83. The highest BCUT2D eigenvalue weighted by Gasteiger charge is 2.25. The largest absolute Gasteiger partial charge is 0.489 e. The Morgan fingerprint density at radius 1 is 1.26 bits per heavy atom. The normalized spacial score (nSPS) is 17.3. The molecule has 1 aliphatic heterocycles. The Hall–Kier alpha value is -2.40. The highest BCUT2D eigenvalue weighted by Crippen LogP contribution is 2.17. The smallest absolute Gasteiger partial charge is 0.253 e. The van der Waals surface area contributed by atoms with Crippen molar-refractivity contribution in [3.05, 3.63) is 65.5 Å². The number of aliphatic hydroxyl groups excluding tert-OH is 1. The van der Waals surface area contributed by atoms with Crippen molar-refractivity contribution in [3.8, 4) is 5.75 Å². The van der Waals surface area contributed by atoms with Crippen LogP contribution in [0.5, 0.6) is 5.75 Å². The number of benzene rings is 2. The lowest BCUT2D eigenvalue weighted by atomic mass is 10.1. The van der Waals surface area contributed by atoms with Gasteiger partial charge in [-0.3, -0.25) is 4.79 Å². The fourth-order valence-electron chi connectivity index (χ4n) is 2.63. The van der Waals surface area contributed by atoms with Gasteiger partial charge in [0.1, 0.15) is 18.2 Å². The molecule has 0 saturated carbocycles. The van der Waals surface area contributed by atoms with Gasteiger partial charge in [-0.25, -0.2) is 4.39 Å². The molecule has 2 aromatic carbocycles. The summed E-state index contributed by atoms with van der Waals surface area (Å²) < 4.78 is 18.7. The molecular formula is C18H18FNO3. The van der Waals surface area contributed by atoms with Gasteiger partial charge >= 0.3 is 0 Å². The van der Waals surface area contributed by atoms with Crippen molar-refractivity contribution in [1.82, 2.24) is 4.90 Å². The van der Waals surface area contributed by atoms with Gasteiger partial charge in [0.2, 0.25) is 0 Å². The van der Waals surface area contributed by atoms with E-state index in [2.05, 4.69) is 0 Å². The van der Waals surface area contributed by atoms with Crippen LogP contribution in [0.1, 0.15) is 22.3 Å². The number of hydrogen-bond donors (Lipinski definition) is 1. The van der Waals surface area contributed by atoms with E-state index in [9.17, 15) is 14.3 Å². The minimum absolute atomic E-state index is 0.0887. The Labute approximate surface area is 134 Å². The first-order valence-electron chi connectivity index (χ1n) is 7.56. The number of carbonyl (C=O) groups is 1. The van der Waals surface area contributed by atoms with Crippen molar-refractivity contribution < 1.29 is 19.0 Å². The molecule has 1 amide bonds. The van der Waals surface area contributed by atoms with Gasteiger partial charge in [0.15, 0.2) is 0 Å². The molecule has 0 bridgehead atoms. The molecule has 5 heteroatoms. The van der Waals surface area contributed by atoms with Gasteiger partial charge < -0.3 is 14.7 Å². The van der Waals surface area contributed by atoms with Crippen molar-refractivity contribution in [1.29, 1.82) is 0 Å². The minimum Gasteiger partial charge on any atom is -0.489 e. The fraction of sp³-hybridized carbons (Fsp3) is 0.278. The summed E-state index contributed by atoms with van der Waals surface area (Å²) in [5.74, 6) is 0.0116. The number of nitrogens with zero attached hydrogens (tertiary/aromatic N) is 1. The summed E-state index contributed by atoms with van der Waals surface area (Å²) in [6, 6.07) is 13.1. The van der Waals surface area contributed by atoms with Crippen molar-refractivity contribution in [2.45, 2.75) is 19.1 Å². The first-order valence-corrected chi connectivity index (χ1v) is 7.56. The van der Waals surface area contributed by atoms with Crippen LogP contribution < -0.4 is 4.74 Å². The molecule has 23 heavy (non-hydrogen) atoms. The number of β-amino-alcohol motifs (C(OH)–C–C–N with tert-alkyl or cyclic N) is 1. The van der Waals surface area contributed by atoms with Crippen LogP contribution in [-0.4, -0.2) is 35.1 Å². The van der Waals surface area contributed by atoms with Crippen LogP contribution in [0.15, 0.2) is 48.5 Å². The lowest BCUT2D eigenvalue weighted by molar-refractivity contribution is 0.0765. The quantitative estimate of drug-likeness (QED) is 0.943. The average molecular weight is 315 g/mol. The van der Waals surface area contributed by atoms with Crippen LogP contribution in [0.4, 0.5) is 4.39 Å². The molecule has 0 aliphatic carbocycles. The van der Waals surface area contributed by atoms with E-state index in [1.807, 2.05) is 6.07 Å². The van der Waals surface area contributed by atoms with Gasteiger partial charge in [-0.1, -0.05) is 18.2 Å². The van der Waals surface area contributed by atoms with Crippen molar-refractivity contribution >= 4 is 5.91 Å². The van der Waals surface area contributed by atoms with E-state index in [-0.39, 0.29) is 18.3 Å². The van der Waals surface area contributed by atoms with Gasteiger partial charge in [0.05, 0.1) is 6.10 Å². The Bertz CT molecular complexity index is 704. The third kappa shape index (κ3) is 3.87. The molecular weight excluding hydrogens is 297 g/mol. The molecule has 0 radical (unpaired) electrons. The molecule has 1 saturated heterocycles. The predicted octanol–water partition coefficient (Wildman–Crippen LogP) is 2.61. The molecule has 1 heterocycles. The highest BCUT2D eigenvalue weighted by molar-refractivity contribution is 5.94. The second kappa shape index (κ2) is 6.79. The van der Waals surface area contributed by atoms with Gasteiger partial charge in [-0.05, 0) is 36.2 Å². The van der Waals surface area contributed by atoms with E-state index in [1.54, 1.807) is 35.2 Å². The van der Waals surface area contributed by atoms with Crippen LogP contribution in [-0.2, 0) is 6.61 Å². The first-order chi connectivity index (χ1) is 11.1. The number of likely N-dealkylation sites (tertiary alicyclic amines) is 1. The van der Waals surface area contributed by atoms with Crippen LogP contribution in [0, 0.1) is 5.82 Å². The Morgan fingerprint density at radius 3 is 2.83 bits per heavy atom. The van der Waals surface area contributed by atoms with E-state index in [1.165, 1.54) is 12.1 Å². The van der Waals surface area contributed by atoms with E-state index >= 15 is 0 Å². The van der Waals surface area contributed by atoms with E-state index in [4.69, 9.17) is 4.74 Å². The number of halogens is 1. The van der Waals surface area contributed by atoms with Crippen LogP contribution in [0.3, 0.4) is 0 Å². The van der Waals surface area contributed by atoms with Gasteiger partial charge in [-0.2, -0.15) is 0 Å². The lowest BCUT2D eigenvalue weighted by Gasteiger charge is -2.16. The van der Waals surface area contributed by atoms with E-state index in [0.29, 0.717) is 30.8 Å². The molecule has 0 spiro atoms. The lowest BCUT2D eigenvalue weighted by Crippen LogP contribution is -2.29. The molecule has 1 fully saturated rings. The van der Waals surface area contributed by atoms with Crippen LogP contribution in [0.2, 0.25) is 0 Å². The molecule has 0 unspecified atom stereocenters. The topological polar surface area (TPSA) is 49.8 Å². The summed E-state index contributed by atoms with van der Waals surface area (Å²) in [7, 11) is 0. The third-order valence-electron chi connectivity index (χ3n) is 3.83. The predicted molar refractivity (Wildman–Crippen MR) is 83.7 cm³/mol. The fourth-order valence-corrected chi connectivity index (χ4v) is 2.63. The maximum Gasteiger partial charge on any atom is 0.253 e. The molecule has 2 aromatic rings. The van der Waals surface area contributed by atoms with E-state index < -0.39 is 6.10 Å². The van der Waals surface area contributed by atoms with Crippen LogP contribution in [0.25, 0.3) is 0 Å². The zero-order valence-corrected chi connectivity index (χ0v) is 12.6. The highest BCUT2D eigenvalue weighted by atomic mass is 19.1. The Balaban J connectivity index is 1.66. The number of hydrogen-bond acceptors (Lipinski definition) is 3. The summed E-state index contributed by atoms with van der Waals surface area (Å²) in [6.07, 6.45) is 0.187. The summed E-state index contributed by atoms with van der Waals surface area (Å²) in [4.78, 5) is 14.0. The number of carbonyl (C=O) groups excluding carboxylic acids is 1.